The second kappa shape index (κ2) is 5.96. The summed E-state index contributed by atoms with van der Waals surface area (Å²) in [6.45, 7) is 1.47. The number of carbonyl (C=O) groups excluding carboxylic acids is 1. The third-order valence-electron chi connectivity index (χ3n) is 3.78. The molecule has 0 saturated carbocycles. The highest BCUT2D eigenvalue weighted by Gasteiger charge is 2.22. The van der Waals surface area contributed by atoms with Gasteiger partial charge in [-0.1, -0.05) is 60.7 Å². The van der Waals surface area contributed by atoms with Gasteiger partial charge in [0.05, 0.1) is 0 Å². The van der Waals surface area contributed by atoms with Gasteiger partial charge < -0.3 is 4.74 Å². The highest BCUT2D eigenvalue weighted by atomic mass is 16.5. The first-order valence-electron chi connectivity index (χ1n) is 7.26. The van der Waals surface area contributed by atoms with Crippen LogP contribution in [0.4, 0.5) is 0 Å². The maximum atomic E-state index is 11.6. The summed E-state index contributed by atoms with van der Waals surface area (Å²) in [4.78, 5) is 11.6. The first-order valence-corrected chi connectivity index (χ1v) is 7.26. The number of fused-ring (bicyclic) bond motifs is 2. The van der Waals surface area contributed by atoms with E-state index in [1.807, 2.05) is 30.3 Å². The Labute approximate surface area is 125 Å². The maximum absolute atomic E-state index is 11.6. The monoisotopic (exact) mass is 278 g/mol. The first-order chi connectivity index (χ1) is 10.3. The fraction of sp³-hybridized carbons (Fsp3) is 0.211. The Hall–Kier alpha value is -2.35. The zero-order chi connectivity index (χ0) is 14.7. The van der Waals surface area contributed by atoms with E-state index in [0.717, 1.165) is 29.5 Å². The highest BCUT2D eigenvalue weighted by Crippen LogP contribution is 2.33. The van der Waals surface area contributed by atoms with Gasteiger partial charge in [-0.3, -0.25) is 4.79 Å². The number of benzene rings is 2. The van der Waals surface area contributed by atoms with Crippen LogP contribution >= 0.6 is 0 Å². The van der Waals surface area contributed by atoms with Crippen LogP contribution in [0.2, 0.25) is 0 Å². The van der Waals surface area contributed by atoms with Crippen molar-refractivity contribution in [3.05, 3.63) is 76.9 Å². The molecular weight excluding hydrogens is 260 g/mol. The lowest BCUT2D eigenvalue weighted by Crippen LogP contribution is -2.13. The molecule has 0 N–H and O–H groups in total. The number of allylic oxidation sites excluding steroid dienone is 1. The summed E-state index contributed by atoms with van der Waals surface area (Å²) in [6.07, 6.45) is 5.91. The van der Waals surface area contributed by atoms with Crippen molar-refractivity contribution in [3.63, 3.8) is 0 Å². The predicted molar refractivity (Wildman–Crippen MR) is 83.8 cm³/mol. The van der Waals surface area contributed by atoms with E-state index in [0.29, 0.717) is 0 Å². The Balaban J connectivity index is 2.19. The van der Waals surface area contributed by atoms with Crippen molar-refractivity contribution < 1.29 is 9.53 Å². The Morgan fingerprint density at radius 1 is 1.05 bits per heavy atom. The number of carbonyl (C=O) groups is 1. The van der Waals surface area contributed by atoms with Crippen molar-refractivity contribution in [2.45, 2.75) is 25.9 Å². The first kappa shape index (κ1) is 13.6. The molecule has 2 aromatic rings. The van der Waals surface area contributed by atoms with Gasteiger partial charge >= 0.3 is 5.97 Å². The Morgan fingerprint density at radius 3 is 2.57 bits per heavy atom. The van der Waals surface area contributed by atoms with Crippen LogP contribution < -0.4 is 0 Å². The Bertz CT molecular complexity index is 685. The van der Waals surface area contributed by atoms with E-state index < -0.39 is 0 Å². The minimum Gasteiger partial charge on any atom is -0.453 e. The molecule has 0 saturated heterocycles. The zero-order valence-corrected chi connectivity index (χ0v) is 12.1. The number of hydrogen-bond acceptors (Lipinski definition) is 2. The standard InChI is InChI=1S/C19H18O2/c1-14(20)21-19-17-12-6-4-10-15(17)8-2-3-9-16-11-5-7-13-18(16)19/h2,4-8,10-13,19H,3,9H2,1H3/b8-2-. The predicted octanol–water partition coefficient (Wildman–Crippen LogP) is 4.30. The summed E-state index contributed by atoms with van der Waals surface area (Å²) < 4.78 is 5.66. The van der Waals surface area contributed by atoms with Gasteiger partial charge in [-0.2, -0.15) is 0 Å². The van der Waals surface area contributed by atoms with Crippen LogP contribution in [-0.4, -0.2) is 5.97 Å². The van der Waals surface area contributed by atoms with Crippen molar-refractivity contribution >= 4 is 12.0 Å². The van der Waals surface area contributed by atoms with Crippen LogP contribution in [-0.2, 0) is 16.0 Å². The number of ether oxygens (including phenoxy) is 1. The van der Waals surface area contributed by atoms with E-state index in [-0.39, 0.29) is 12.1 Å². The molecule has 0 spiro atoms. The molecule has 0 aromatic heterocycles. The van der Waals surface area contributed by atoms with Gasteiger partial charge in [-0.25, -0.2) is 0 Å². The van der Waals surface area contributed by atoms with Crippen molar-refractivity contribution in [1.82, 2.24) is 0 Å². The van der Waals surface area contributed by atoms with E-state index in [2.05, 4.69) is 30.4 Å². The van der Waals surface area contributed by atoms with Crippen molar-refractivity contribution in [2.75, 3.05) is 0 Å². The van der Waals surface area contributed by atoms with Crippen molar-refractivity contribution in [2.24, 2.45) is 0 Å². The molecule has 2 nitrogen and oxygen atoms in total. The lowest BCUT2D eigenvalue weighted by atomic mass is 9.93. The maximum Gasteiger partial charge on any atom is 0.303 e. The normalized spacial score (nSPS) is 18.4. The molecule has 0 heterocycles. The molecule has 106 valence electrons. The summed E-state index contributed by atoms with van der Waals surface area (Å²) in [5, 5.41) is 0. The third kappa shape index (κ3) is 2.89. The lowest BCUT2D eigenvalue weighted by Gasteiger charge is -2.22. The Morgan fingerprint density at radius 2 is 1.76 bits per heavy atom. The number of hydrogen-bond donors (Lipinski definition) is 0. The summed E-state index contributed by atoms with van der Waals surface area (Å²) in [5.74, 6) is -0.257. The minimum absolute atomic E-state index is 0.257. The molecule has 2 heteroatoms. The van der Waals surface area contributed by atoms with E-state index in [1.165, 1.54) is 12.5 Å². The molecule has 0 aliphatic heterocycles. The van der Waals surface area contributed by atoms with E-state index >= 15 is 0 Å². The second-order valence-electron chi connectivity index (χ2n) is 5.26. The van der Waals surface area contributed by atoms with E-state index in [4.69, 9.17) is 4.74 Å². The van der Waals surface area contributed by atoms with Crippen molar-refractivity contribution in [1.29, 1.82) is 0 Å². The molecule has 1 unspecified atom stereocenters. The van der Waals surface area contributed by atoms with Crippen LogP contribution in [0.25, 0.3) is 6.08 Å². The molecule has 2 aromatic carbocycles. The van der Waals surface area contributed by atoms with Crippen LogP contribution in [0.1, 0.15) is 41.7 Å². The number of rotatable bonds is 1. The highest BCUT2D eigenvalue weighted by molar-refractivity contribution is 5.68. The molecule has 21 heavy (non-hydrogen) atoms. The summed E-state index contributed by atoms with van der Waals surface area (Å²) in [6, 6.07) is 16.3. The third-order valence-corrected chi connectivity index (χ3v) is 3.78. The zero-order valence-electron chi connectivity index (χ0n) is 12.1. The van der Waals surface area contributed by atoms with E-state index in [1.54, 1.807) is 0 Å². The quantitative estimate of drug-likeness (QED) is 0.727. The molecule has 1 aliphatic rings. The Kier molecular flexibility index (Phi) is 3.87. The van der Waals surface area contributed by atoms with Gasteiger partial charge in [0.1, 0.15) is 0 Å². The van der Waals surface area contributed by atoms with Crippen LogP contribution in [0.3, 0.4) is 0 Å². The fourth-order valence-electron chi connectivity index (χ4n) is 2.83. The summed E-state index contributed by atoms with van der Waals surface area (Å²) in [7, 11) is 0. The average molecular weight is 278 g/mol. The second-order valence-corrected chi connectivity index (χ2v) is 5.26. The fourth-order valence-corrected chi connectivity index (χ4v) is 2.83. The molecular formula is C19H18O2. The number of esters is 1. The van der Waals surface area contributed by atoms with Crippen LogP contribution in [0.15, 0.2) is 54.6 Å². The van der Waals surface area contributed by atoms with Crippen LogP contribution in [0, 0.1) is 0 Å². The van der Waals surface area contributed by atoms with Gasteiger partial charge in [0.2, 0.25) is 0 Å². The number of aryl methyl sites for hydroxylation is 1. The van der Waals surface area contributed by atoms with Gasteiger partial charge in [-0.05, 0) is 24.0 Å². The van der Waals surface area contributed by atoms with E-state index in [9.17, 15) is 4.79 Å². The molecule has 1 aliphatic carbocycles. The summed E-state index contributed by atoms with van der Waals surface area (Å²) in [5.41, 5.74) is 4.48. The minimum atomic E-state index is -0.336. The molecule has 0 fully saturated rings. The molecule has 0 radical (unpaired) electrons. The van der Waals surface area contributed by atoms with Crippen LogP contribution in [0.5, 0.6) is 0 Å². The van der Waals surface area contributed by atoms with Gasteiger partial charge in [-0.15, -0.1) is 0 Å². The molecule has 1 atom stereocenters. The smallest absolute Gasteiger partial charge is 0.303 e. The average Bonchev–Trinajstić information content (AvgIpc) is 2.56. The van der Waals surface area contributed by atoms with Gasteiger partial charge in [0.15, 0.2) is 6.10 Å². The SMILES string of the molecule is CC(=O)OC1c2ccccc2/C=C\CCc2ccccc21. The largest absolute Gasteiger partial charge is 0.453 e. The summed E-state index contributed by atoms with van der Waals surface area (Å²) >= 11 is 0. The van der Waals surface area contributed by atoms with Crippen molar-refractivity contribution in [3.8, 4) is 0 Å². The molecule has 0 bridgehead atoms. The topological polar surface area (TPSA) is 26.3 Å². The van der Waals surface area contributed by atoms with Gasteiger partial charge in [0.25, 0.3) is 0 Å². The van der Waals surface area contributed by atoms with Gasteiger partial charge in [0, 0.05) is 18.1 Å². The molecule has 3 rings (SSSR count). The molecule has 0 amide bonds. The lowest BCUT2D eigenvalue weighted by molar-refractivity contribution is -0.144.